The molecule has 2 rings (SSSR count). The van der Waals surface area contributed by atoms with Crippen LogP contribution in [0.1, 0.15) is 36.0 Å². The molecule has 1 aliphatic heterocycles. The molecule has 1 fully saturated rings. The SMILES string of the molecule is CN(C)S(=O)(=O)c1cccc(C(=O)NCC(=O)N2CCCCCC2)c1. The Labute approximate surface area is 149 Å². The smallest absolute Gasteiger partial charge is 0.251 e. The second-order valence-corrected chi connectivity index (χ2v) is 8.44. The molecule has 25 heavy (non-hydrogen) atoms. The summed E-state index contributed by atoms with van der Waals surface area (Å²) >= 11 is 0. The molecule has 1 aliphatic rings. The van der Waals surface area contributed by atoms with Crippen LogP contribution >= 0.6 is 0 Å². The Morgan fingerprint density at radius 2 is 1.76 bits per heavy atom. The number of carbonyl (C=O) groups is 2. The lowest BCUT2D eigenvalue weighted by atomic mass is 10.2. The molecule has 0 aromatic heterocycles. The van der Waals surface area contributed by atoms with Crippen molar-refractivity contribution in [3.63, 3.8) is 0 Å². The van der Waals surface area contributed by atoms with Crippen LogP contribution in [0.4, 0.5) is 0 Å². The van der Waals surface area contributed by atoms with Crippen LogP contribution in [0.15, 0.2) is 29.2 Å². The molecule has 1 heterocycles. The van der Waals surface area contributed by atoms with E-state index in [0.29, 0.717) is 0 Å². The predicted molar refractivity (Wildman–Crippen MR) is 94.7 cm³/mol. The third-order valence-corrected chi connectivity index (χ3v) is 6.04. The molecule has 0 atom stereocenters. The molecule has 0 spiro atoms. The van der Waals surface area contributed by atoms with Crippen LogP contribution in [0.5, 0.6) is 0 Å². The van der Waals surface area contributed by atoms with E-state index in [1.807, 2.05) is 0 Å². The second kappa shape index (κ2) is 8.44. The maximum Gasteiger partial charge on any atom is 0.251 e. The standard InChI is InChI=1S/C17H25N3O4S/c1-19(2)25(23,24)15-9-7-8-14(12-15)17(22)18-13-16(21)20-10-5-3-4-6-11-20/h7-9,12H,3-6,10-11,13H2,1-2H3,(H,18,22). The average molecular weight is 367 g/mol. The molecule has 1 aromatic carbocycles. The van der Waals surface area contributed by atoms with Crippen molar-refractivity contribution >= 4 is 21.8 Å². The van der Waals surface area contributed by atoms with Crippen molar-refractivity contribution in [3.05, 3.63) is 29.8 Å². The van der Waals surface area contributed by atoms with Gasteiger partial charge >= 0.3 is 0 Å². The summed E-state index contributed by atoms with van der Waals surface area (Å²) < 4.78 is 25.4. The van der Waals surface area contributed by atoms with Gasteiger partial charge in [0.2, 0.25) is 15.9 Å². The van der Waals surface area contributed by atoms with E-state index in [-0.39, 0.29) is 22.9 Å². The van der Waals surface area contributed by atoms with E-state index in [1.54, 1.807) is 4.90 Å². The summed E-state index contributed by atoms with van der Waals surface area (Å²) in [5, 5.41) is 2.59. The molecule has 138 valence electrons. The topological polar surface area (TPSA) is 86.8 Å². The minimum atomic E-state index is -3.61. The number of hydrogen-bond donors (Lipinski definition) is 1. The van der Waals surface area contributed by atoms with Gasteiger partial charge in [-0.15, -0.1) is 0 Å². The Morgan fingerprint density at radius 1 is 1.12 bits per heavy atom. The van der Waals surface area contributed by atoms with Crippen molar-refractivity contribution in [1.82, 2.24) is 14.5 Å². The van der Waals surface area contributed by atoms with Crippen molar-refractivity contribution in [2.24, 2.45) is 0 Å². The molecular formula is C17H25N3O4S. The quantitative estimate of drug-likeness (QED) is 0.843. The van der Waals surface area contributed by atoms with E-state index in [9.17, 15) is 18.0 Å². The van der Waals surface area contributed by atoms with Gasteiger partial charge in [-0.3, -0.25) is 9.59 Å². The van der Waals surface area contributed by atoms with E-state index in [2.05, 4.69) is 5.32 Å². The number of sulfonamides is 1. The van der Waals surface area contributed by atoms with Gasteiger partial charge in [-0.25, -0.2) is 12.7 Å². The van der Waals surface area contributed by atoms with Gasteiger partial charge in [0, 0.05) is 32.7 Å². The van der Waals surface area contributed by atoms with Crippen molar-refractivity contribution in [3.8, 4) is 0 Å². The molecular weight excluding hydrogens is 342 g/mol. The normalized spacial score (nSPS) is 15.7. The lowest BCUT2D eigenvalue weighted by Crippen LogP contribution is -2.40. The Hall–Kier alpha value is -1.93. The van der Waals surface area contributed by atoms with Gasteiger partial charge in [0.15, 0.2) is 0 Å². The van der Waals surface area contributed by atoms with Gasteiger partial charge < -0.3 is 10.2 Å². The molecule has 0 saturated carbocycles. The van der Waals surface area contributed by atoms with E-state index in [4.69, 9.17) is 0 Å². The van der Waals surface area contributed by atoms with Gasteiger partial charge in [0.1, 0.15) is 0 Å². The molecule has 1 aromatic rings. The fourth-order valence-corrected chi connectivity index (χ4v) is 3.65. The van der Waals surface area contributed by atoms with Crippen molar-refractivity contribution in [2.75, 3.05) is 33.7 Å². The van der Waals surface area contributed by atoms with Crippen LogP contribution < -0.4 is 5.32 Å². The fourth-order valence-electron chi connectivity index (χ4n) is 2.70. The number of carbonyl (C=O) groups excluding carboxylic acids is 2. The first-order chi connectivity index (χ1) is 11.8. The van der Waals surface area contributed by atoms with Crippen LogP contribution in [-0.4, -0.2) is 63.2 Å². The van der Waals surface area contributed by atoms with Crippen molar-refractivity contribution in [1.29, 1.82) is 0 Å². The van der Waals surface area contributed by atoms with Gasteiger partial charge in [0.25, 0.3) is 5.91 Å². The minimum Gasteiger partial charge on any atom is -0.343 e. The predicted octanol–water partition coefficient (Wildman–Crippen LogP) is 1.07. The third-order valence-electron chi connectivity index (χ3n) is 4.23. The molecule has 1 saturated heterocycles. The van der Waals surface area contributed by atoms with Gasteiger partial charge in [-0.1, -0.05) is 18.9 Å². The summed E-state index contributed by atoms with van der Waals surface area (Å²) in [5.74, 6) is -0.564. The zero-order valence-corrected chi connectivity index (χ0v) is 15.5. The molecule has 0 unspecified atom stereocenters. The molecule has 2 amide bonds. The number of rotatable bonds is 5. The number of benzene rings is 1. The maximum atomic E-state index is 12.3. The van der Waals surface area contributed by atoms with Crippen molar-refractivity contribution in [2.45, 2.75) is 30.6 Å². The number of amides is 2. The molecule has 0 radical (unpaired) electrons. The highest BCUT2D eigenvalue weighted by Crippen LogP contribution is 2.15. The summed E-state index contributed by atoms with van der Waals surface area (Å²) in [7, 11) is -0.742. The molecule has 1 N–H and O–H groups in total. The van der Waals surface area contributed by atoms with Crippen LogP contribution in [0.25, 0.3) is 0 Å². The monoisotopic (exact) mass is 367 g/mol. The minimum absolute atomic E-state index is 0.0454. The Kier molecular flexibility index (Phi) is 6.55. The van der Waals surface area contributed by atoms with Crippen molar-refractivity contribution < 1.29 is 18.0 Å². The van der Waals surface area contributed by atoms with Crippen LogP contribution in [-0.2, 0) is 14.8 Å². The molecule has 0 aliphatic carbocycles. The van der Waals surface area contributed by atoms with E-state index in [1.165, 1.54) is 38.4 Å². The number of nitrogens with zero attached hydrogens (tertiary/aromatic N) is 2. The van der Waals surface area contributed by atoms with Gasteiger partial charge in [0.05, 0.1) is 11.4 Å². The van der Waals surface area contributed by atoms with E-state index in [0.717, 1.165) is 43.1 Å². The molecule has 7 nitrogen and oxygen atoms in total. The van der Waals surface area contributed by atoms with E-state index < -0.39 is 15.9 Å². The van der Waals surface area contributed by atoms with Crippen LogP contribution in [0, 0.1) is 0 Å². The first-order valence-corrected chi connectivity index (χ1v) is 9.85. The summed E-state index contributed by atoms with van der Waals surface area (Å²) in [6, 6.07) is 5.80. The fraction of sp³-hybridized carbons (Fsp3) is 0.529. The largest absolute Gasteiger partial charge is 0.343 e. The maximum absolute atomic E-state index is 12.3. The Balaban J connectivity index is 2.00. The number of hydrogen-bond acceptors (Lipinski definition) is 4. The summed E-state index contributed by atoms with van der Waals surface area (Å²) in [5.41, 5.74) is 0.214. The highest BCUT2D eigenvalue weighted by Gasteiger charge is 2.20. The zero-order chi connectivity index (χ0) is 18.4. The molecule has 8 heteroatoms. The third kappa shape index (κ3) is 5.02. The lowest BCUT2D eigenvalue weighted by Gasteiger charge is -2.20. The number of likely N-dealkylation sites (tertiary alicyclic amines) is 1. The second-order valence-electron chi connectivity index (χ2n) is 6.29. The highest BCUT2D eigenvalue weighted by molar-refractivity contribution is 7.89. The van der Waals surface area contributed by atoms with Gasteiger partial charge in [-0.2, -0.15) is 0 Å². The summed E-state index contributed by atoms with van der Waals surface area (Å²) in [4.78, 5) is 26.3. The van der Waals surface area contributed by atoms with E-state index >= 15 is 0 Å². The molecule has 0 bridgehead atoms. The average Bonchev–Trinajstić information content (AvgIpc) is 2.88. The first kappa shape index (κ1) is 19.4. The van der Waals surface area contributed by atoms with Gasteiger partial charge in [-0.05, 0) is 31.0 Å². The Bertz CT molecular complexity index is 723. The number of nitrogens with one attached hydrogen (secondary N) is 1. The van der Waals surface area contributed by atoms with Crippen LogP contribution in [0.3, 0.4) is 0 Å². The summed E-state index contributed by atoms with van der Waals surface area (Å²) in [6.45, 7) is 1.38. The lowest BCUT2D eigenvalue weighted by molar-refractivity contribution is -0.130. The van der Waals surface area contributed by atoms with Crippen LogP contribution in [0.2, 0.25) is 0 Å². The highest BCUT2D eigenvalue weighted by atomic mass is 32.2. The Morgan fingerprint density at radius 3 is 2.36 bits per heavy atom. The first-order valence-electron chi connectivity index (χ1n) is 8.41. The zero-order valence-electron chi connectivity index (χ0n) is 14.7. The summed E-state index contributed by atoms with van der Waals surface area (Å²) in [6.07, 6.45) is 4.24.